The van der Waals surface area contributed by atoms with Crippen LogP contribution in [0.3, 0.4) is 0 Å². The van der Waals surface area contributed by atoms with Crippen LogP contribution in [0.4, 0.5) is 57.1 Å². The van der Waals surface area contributed by atoms with Gasteiger partial charge in [-0.05, 0) is 73.0 Å². The molecule has 3 aliphatic carbocycles. The fraction of sp³-hybridized carbons (Fsp3) is 0.800. The van der Waals surface area contributed by atoms with Gasteiger partial charge in [-0.3, -0.25) is 0 Å². The van der Waals surface area contributed by atoms with E-state index >= 15 is 26.3 Å². The predicted molar refractivity (Wildman–Crippen MR) is 163 cm³/mol. The van der Waals surface area contributed by atoms with Crippen LogP contribution in [0.1, 0.15) is 131 Å². The number of nitrogens with one attached hydrogen (secondary N) is 1. The number of halogens is 13. The van der Waals surface area contributed by atoms with Crippen molar-refractivity contribution in [2.75, 3.05) is 0 Å². The summed E-state index contributed by atoms with van der Waals surface area (Å²) >= 11 is 0. The van der Waals surface area contributed by atoms with Crippen LogP contribution in [0, 0.1) is 0 Å². The Bertz CT molecular complexity index is 1790. The summed E-state index contributed by atoms with van der Waals surface area (Å²) in [7, 11) is -23.9. The summed E-state index contributed by atoms with van der Waals surface area (Å²) in [6, 6.07) is 2.48. The zero-order valence-electron chi connectivity index (χ0n) is 27.6. The Morgan fingerprint density at radius 2 is 0.774 bits per heavy atom. The van der Waals surface area contributed by atoms with E-state index in [1.807, 2.05) is 0 Å². The molecule has 0 unspecified atom stereocenters. The zero-order valence-corrected chi connectivity index (χ0v) is 30.0. The highest BCUT2D eigenvalue weighted by atomic mass is 32.3. The maximum atomic E-state index is 16.0. The number of benzene rings is 1. The molecular formula is C30H36F13NO6S3. The van der Waals surface area contributed by atoms with E-state index in [9.17, 15) is 56.0 Å². The van der Waals surface area contributed by atoms with Crippen molar-refractivity contribution in [3.05, 3.63) is 28.8 Å². The van der Waals surface area contributed by atoms with Crippen molar-refractivity contribution in [3.8, 4) is 0 Å². The highest BCUT2D eigenvalue weighted by molar-refractivity contribution is 8.05. The lowest BCUT2D eigenvalue weighted by atomic mass is 9.76. The summed E-state index contributed by atoms with van der Waals surface area (Å²) in [5, 5.41) is -22.7. The van der Waals surface area contributed by atoms with Gasteiger partial charge in [0.25, 0.3) is 29.9 Å². The van der Waals surface area contributed by atoms with Gasteiger partial charge in [0.05, 0.1) is 4.90 Å². The molecule has 0 heterocycles. The summed E-state index contributed by atoms with van der Waals surface area (Å²) < 4.78 is 260. The number of rotatable bonds is 12. The monoisotopic (exact) mass is 849 g/mol. The lowest BCUT2D eigenvalue weighted by Gasteiger charge is -2.36. The van der Waals surface area contributed by atoms with Crippen LogP contribution in [0.15, 0.2) is 17.0 Å². The molecule has 3 fully saturated rings. The van der Waals surface area contributed by atoms with E-state index in [1.54, 1.807) is 0 Å². The highest BCUT2D eigenvalue weighted by Gasteiger charge is 2.84. The fourth-order valence-electron chi connectivity index (χ4n) is 7.33. The van der Waals surface area contributed by atoms with Crippen molar-refractivity contribution < 1.29 is 82.3 Å². The molecule has 0 bridgehead atoms. The second-order valence-electron chi connectivity index (χ2n) is 13.8. The van der Waals surface area contributed by atoms with Gasteiger partial charge in [-0.25, -0.2) is 25.3 Å². The molecule has 1 aromatic carbocycles. The quantitative estimate of drug-likeness (QED) is 0.210. The Kier molecular flexibility index (Phi) is 12.0. The molecule has 0 aliphatic heterocycles. The Balaban J connectivity index is 1.91. The normalized spacial score (nSPS) is 20.8. The fourth-order valence-corrected chi connectivity index (χ4v) is 12.1. The third kappa shape index (κ3) is 7.41. The van der Waals surface area contributed by atoms with Crippen molar-refractivity contribution in [2.24, 2.45) is 0 Å². The van der Waals surface area contributed by atoms with Crippen LogP contribution in [-0.2, 0) is 29.9 Å². The van der Waals surface area contributed by atoms with E-state index in [0.717, 1.165) is 19.3 Å². The van der Waals surface area contributed by atoms with E-state index in [0.29, 0.717) is 56.9 Å². The van der Waals surface area contributed by atoms with Crippen LogP contribution >= 0.6 is 0 Å². The van der Waals surface area contributed by atoms with Crippen LogP contribution in [0.2, 0.25) is 0 Å². The Hall–Kier alpha value is -1.88. The summed E-state index contributed by atoms with van der Waals surface area (Å²) in [5.41, 5.74) is -0.298. The van der Waals surface area contributed by atoms with E-state index in [2.05, 4.69) is 0 Å². The molecule has 0 amide bonds. The largest absolute Gasteiger partial charge is 0.461 e. The average Bonchev–Trinajstić information content (AvgIpc) is 3.07. The van der Waals surface area contributed by atoms with Crippen molar-refractivity contribution in [3.63, 3.8) is 0 Å². The van der Waals surface area contributed by atoms with E-state index < -0.39 is 95.7 Å². The minimum absolute atomic E-state index is 0.159. The van der Waals surface area contributed by atoms with Gasteiger partial charge in [-0.1, -0.05) is 74.0 Å². The van der Waals surface area contributed by atoms with Gasteiger partial charge >= 0.3 is 33.8 Å². The molecule has 1 N–H and O–H groups in total. The summed E-state index contributed by atoms with van der Waals surface area (Å²) in [6.45, 7) is 0. The lowest BCUT2D eigenvalue weighted by molar-refractivity contribution is -0.332. The maximum Gasteiger partial charge on any atom is 0.461 e. The smallest absolute Gasteiger partial charge is 0.217 e. The van der Waals surface area contributed by atoms with Crippen molar-refractivity contribution in [2.45, 2.75) is 153 Å². The molecule has 1 aromatic rings. The first kappa shape index (κ1) is 43.8. The summed E-state index contributed by atoms with van der Waals surface area (Å²) in [6.07, 6.45) is -0.354. The Morgan fingerprint density at radius 3 is 1.11 bits per heavy atom. The molecule has 3 saturated carbocycles. The molecule has 0 radical (unpaired) electrons. The molecule has 306 valence electrons. The zero-order chi connectivity index (χ0) is 40.3. The highest BCUT2D eigenvalue weighted by Crippen LogP contribution is 2.56. The third-order valence-electron chi connectivity index (χ3n) is 10.3. The van der Waals surface area contributed by atoms with Gasteiger partial charge in [-0.15, -0.1) is 0 Å². The third-order valence-corrected chi connectivity index (χ3v) is 15.8. The maximum absolute atomic E-state index is 16.0. The van der Waals surface area contributed by atoms with Crippen LogP contribution in [0.25, 0.3) is 0 Å². The topological polar surface area (TPSA) is 114 Å². The lowest BCUT2D eigenvalue weighted by Crippen LogP contribution is -2.65. The van der Waals surface area contributed by atoms with Gasteiger partial charge in [0.1, 0.15) is 0 Å². The van der Waals surface area contributed by atoms with E-state index in [4.69, 9.17) is 0 Å². The van der Waals surface area contributed by atoms with Gasteiger partial charge in [0, 0.05) is 0 Å². The van der Waals surface area contributed by atoms with E-state index in [-0.39, 0.29) is 31.6 Å². The molecule has 3 aliphatic rings. The number of sulfone groups is 1. The first-order valence-electron chi connectivity index (χ1n) is 16.7. The number of hydrogen-bond donors (Lipinski definition) is 1. The molecule has 0 aromatic heterocycles. The Morgan fingerprint density at radius 1 is 0.453 bits per heavy atom. The van der Waals surface area contributed by atoms with Crippen LogP contribution in [0.5, 0.6) is 0 Å². The summed E-state index contributed by atoms with van der Waals surface area (Å²) in [4.78, 5) is -1.47. The van der Waals surface area contributed by atoms with Gasteiger partial charge in [-0.2, -0.15) is 57.1 Å². The van der Waals surface area contributed by atoms with Gasteiger partial charge in [0.15, 0.2) is 0 Å². The molecule has 23 heteroatoms. The number of alkyl halides is 13. The van der Waals surface area contributed by atoms with Crippen LogP contribution < -0.4 is 4.13 Å². The van der Waals surface area contributed by atoms with Gasteiger partial charge < -0.3 is 0 Å². The second-order valence-corrected chi connectivity index (χ2v) is 19.5. The standard InChI is InChI=1S/C30H36F13NO6S3/c31-25(32,27(35,36)37)29(40,41)52(47,48)44-53(49,50)30(42,43)26(33,34)28(38,39)51(45,46)24-22(19-12-6-2-7-13-19)16-21(18-10-4-1-5-11-18)17-23(24)20-14-8-3-9-15-20/h16-20,44H,1-15H2. The van der Waals surface area contributed by atoms with E-state index in [1.165, 1.54) is 12.1 Å². The molecule has 0 atom stereocenters. The van der Waals surface area contributed by atoms with Gasteiger partial charge in [0.2, 0.25) is 0 Å². The SMILES string of the molecule is O=S(=O)(NS(=O)(=O)C(F)(F)C(F)(F)C(F)(F)S(=O)(=O)c1c(C2CCCCC2)cc(C2CCCCC2)cc1C1CCCCC1)C(F)(F)C(F)(F)C(F)(F)F. The second kappa shape index (κ2) is 14.6. The van der Waals surface area contributed by atoms with Crippen molar-refractivity contribution >= 4 is 29.9 Å². The first-order valence-corrected chi connectivity index (χ1v) is 21.1. The minimum Gasteiger partial charge on any atom is -0.217 e. The molecule has 7 nitrogen and oxygen atoms in total. The minimum atomic E-state index is -8.42. The molecule has 0 spiro atoms. The first-order chi connectivity index (χ1) is 24.0. The Labute approximate surface area is 297 Å². The van der Waals surface area contributed by atoms with Crippen LogP contribution in [-0.4, -0.2) is 59.0 Å². The molecule has 53 heavy (non-hydrogen) atoms. The number of sulfonamides is 2. The van der Waals surface area contributed by atoms with Crippen molar-refractivity contribution in [1.29, 1.82) is 0 Å². The molecule has 4 rings (SSSR count). The predicted octanol–water partition coefficient (Wildman–Crippen LogP) is 9.46. The number of hydrogen-bond acceptors (Lipinski definition) is 6. The molecular weight excluding hydrogens is 814 g/mol. The average molecular weight is 850 g/mol. The summed E-state index contributed by atoms with van der Waals surface area (Å²) in [5.74, 6) is -17.5. The van der Waals surface area contributed by atoms with Crippen molar-refractivity contribution in [1.82, 2.24) is 4.13 Å². The molecule has 0 saturated heterocycles.